The van der Waals surface area contributed by atoms with Crippen molar-refractivity contribution in [2.75, 3.05) is 13.1 Å². The summed E-state index contributed by atoms with van der Waals surface area (Å²) in [6.07, 6.45) is -3.11. The molecule has 1 aliphatic rings. The van der Waals surface area contributed by atoms with Gasteiger partial charge in [0.25, 0.3) is 5.91 Å². The molecule has 7 heteroatoms. The fourth-order valence-electron chi connectivity index (χ4n) is 2.19. The lowest BCUT2D eigenvalue weighted by molar-refractivity contribution is -0.128. The Morgan fingerprint density at radius 1 is 1.33 bits per heavy atom. The van der Waals surface area contributed by atoms with E-state index in [-0.39, 0.29) is 11.5 Å². The van der Waals surface area contributed by atoms with Gasteiger partial charge in [-0.1, -0.05) is 12.1 Å². The molecule has 1 aromatic rings. The summed E-state index contributed by atoms with van der Waals surface area (Å²) in [7, 11) is 0. The number of nitrogens with zero attached hydrogens (tertiary/aromatic N) is 1. The van der Waals surface area contributed by atoms with Crippen molar-refractivity contribution in [2.24, 2.45) is 0 Å². The van der Waals surface area contributed by atoms with Gasteiger partial charge in [-0.05, 0) is 24.1 Å². The molecule has 1 aliphatic heterocycles. The second-order valence-electron chi connectivity index (χ2n) is 4.92. The van der Waals surface area contributed by atoms with Crippen LogP contribution in [0.15, 0.2) is 24.3 Å². The molecule has 1 saturated heterocycles. The van der Waals surface area contributed by atoms with Crippen LogP contribution in [0.1, 0.15) is 28.8 Å². The van der Waals surface area contributed by atoms with Crippen LogP contribution in [0.5, 0.6) is 0 Å². The number of rotatable bonds is 4. The molecule has 2 amide bonds. The number of likely N-dealkylation sites (tertiary alicyclic amines) is 1. The molecule has 0 atom stereocenters. The summed E-state index contributed by atoms with van der Waals surface area (Å²) >= 11 is 0. The average Bonchev–Trinajstić information content (AvgIpc) is 2.81. The van der Waals surface area contributed by atoms with E-state index in [9.17, 15) is 22.8 Å². The summed E-state index contributed by atoms with van der Waals surface area (Å²) < 4.78 is 36.2. The largest absolute Gasteiger partial charge is 0.405 e. The number of nitrogens with one attached hydrogen (secondary N) is 1. The van der Waals surface area contributed by atoms with Crippen LogP contribution in [0, 0.1) is 0 Å². The second-order valence-corrected chi connectivity index (χ2v) is 4.92. The molecule has 1 aromatic carbocycles. The Kier molecular flexibility index (Phi) is 4.50. The Balaban J connectivity index is 2.00. The summed E-state index contributed by atoms with van der Waals surface area (Å²) in [4.78, 5) is 24.9. The van der Waals surface area contributed by atoms with Crippen LogP contribution < -0.4 is 5.32 Å². The van der Waals surface area contributed by atoms with Crippen molar-refractivity contribution in [3.05, 3.63) is 35.4 Å². The van der Waals surface area contributed by atoms with Gasteiger partial charge >= 0.3 is 6.18 Å². The highest BCUT2D eigenvalue weighted by Gasteiger charge is 2.28. The third kappa shape index (κ3) is 4.47. The first-order valence-electron chi connectivity index (χ1n) is 6.57. The quantitative estimate of drug-likeness (QED) is 0.926. The minimum atomic E-state index is -4.44. The Morgan fingerprint density at radius 3 is 2.71 bits per heavy atom. The topological polar surface area (TPSA) is 49.4 Å². The number of halogens is 3. The molecular formula is C14H15F3N2O2. The smallest absolute Gasteiger partial charge is 0.343 e. The minimum Gasteiger partial charge on any atom is -0.343 e. The van der Waals surface area contributed by atoms with Crippen LogP contribution in [0.2, 0.25) is 0 Å². The third-order valence-corrected chi connectivity index (χ3v) is 3.18. The number of benzene rings is 1. The van der Waals surface area contributed by atoms with Crippen molar-refractivity contribution >= 4 is 11.8 Å². The average molecular weight is 300 g/mol. The van der Waals surface area contributed by atoms with Gasteiger partial charge in [0.2, 0.25) is 5.91 Å². The van der Waals surface area contributed by atoms with Crippen molar-refractivity contribution < 1.29 is 22.8 Å². The zero-order valence-electron chi connectivity index (χ0n) is 11.2. The number of hydrogen-bond donors (Lipinski definition) is 1. The highest BCUT2D eigenvalue weighted by atomic mass is 19.4. The normalized spacial score (nSPS) is 15.4. The van der Waals surface area contributed by atoms with E-state index in [4.69, 9.17) is 0 Å². The zero-order valence-corrected chi connectivity index (χ0v) is 11.2. The standard InChI is InChI=1S/C14H15F3N2O2/c15-14(16,17)9-18-13(21)11-4-1-3-10(7-11)8-19-6-2-5-12(19)20/h1,3-4,7H,2,5-6,8-9H2,(H,18,21). The fraction of sp³-hybridized carbons (Fsp3) is 0.429. The lowest BCUT2D eigenvalue weighted by Crippen LogP contribution is -2.33. The minimum absolute atomic E-state index is 0.0573. The van der Waals surface area contributed by atoms with Crippen LogP contribution in [-0.4, -0.2) is 36.0 Å². The maximum atomic E-state index is 12.1. The maximum absolute atomic E-state index is 12.1. The summed E-state index contributed by atoms with van der Waals surface area (Å²) in [5.74, 6) is -0.719. The molecule has 0 unspecified atom stereocenters. The predicted molar refractivity (Wildman–Crippen MR) is 69.5 cm³/mol. The molecular weight excluding hydrogens is 285 g/mol. The van der Waals surface area contributed by atoms with E-state index in [0.717, 1.165) is 12.0 Å². The van der Waals surface area contributed by atoms with Gasteiger partial charge in [-0.2, -0.15) is 13.2 Å². The van der Waals surface area contributed by atoms with Crippen LogP contribution in [0.25, 0.3) is 0 Å². The Labute approximate surface area is 119 Å². The fourth-order valence-corrected chi connectivity index (χ4v) is 2.19. The van der Waals surface area contributed by atoms with Crippen molar-refractivity contribution in [3.63, 3.8) is 0 Å². The predicted octanol–water partition coefficient (Wildman–Crippen LogP) is 2.10. The van der Waals surface area contributed by atoms with Gasteiger partial charge in [-0.25, -0.2) is 0 Å². The zero-order chi connectivity index (χ0) is 15.5. The molecule has 0 aliphatic carbocycles. The van der Waals surface area contributed by atoms with E-state index < -0.39 is 18.6 Å². The number of carbonyl (C=O) groups excluding carboxylic acids is 2. The molecule has 1 fully saturated rings. The molecule has 0 bridgehead atoms. The third-order valence-electron chi connectivity index (χ3n) is 3.18. The van der Waals surface area contributed by atoms with Crippen molar-refractivity contribution in [1.29, 1.82) is 0 Å². The lowest BCUT2D eigenvalue weighted by Gasteiger charge is -2.16. The summed E-state index contributed by atoms with van der Waals surface area (Å²) in [5.41, 5.74) is 0.883. The first-order valence-corrected chi connectivity index (χ1v) is 6.57. The highest BCUT2D eigenvalue weighted by Crippen LogP contribution is 2.16. The van der Waals surface area contributed by atoms with E-state index in [1.807, 2.05) is 5.32 Å². The van der Waals surface area contributed by atoms with E-state index in [0.29, 0.717) is 19.5 Å². The first kappa shape index (κ1) is 15.3. The van der Waals surface area contributed by atoms with Gasteiger partial charge < -0.3 is 10.2 Å². The Bertz CT molecular complexity index is 543. The Hall–Kier alpha value is -2.05. The maximum Gasteiger partial charge on any atom is 0.405 e. The number of hydrogen-bond acceptors (Lipinski definition) is 2. The molecule has 4 nitrogen and oxygen atoms in total. The summed E-state index contributed by atoms with van der Waals surface area (Å²) in [6.45, 7) is -0.316. The number of carbonyl (C=O) groups is 2. The molecule has 1 N–H and O–H groups in total. The highest BCUT2D eigenvalue weighted by molar-refractivity contribution is 5.94. The van der Waals surface area contributed by atoms with E-state index in [1.165, 1.54) is 12.1 Å². The molecule has 2 rings (SSSR count). The van der Waals surface area contributed by atoms with E-state index in [2.05, 4.69) is 0 Å². The van der Waals surface area contributed by atoms with Gasteiger partial charge in [0.15, 0.2) is 0 Å². The molecule has 0 spiro atoms. The Morgan fingerprint density at radius 2 is 2.10 bits per heavy atom. The van der Waals surface area contributed by atoms with E-state index >= 15 is 0 Å². The van der Waals surface area contributed by atoms with Gasteiger partial charge in [0.05, 0.1) is 0 Å². The molecule has 0 saturated carbocycles. The van der Waals surface area contributed by atoms with Crippen molar-refractivity contribution in [2.45, 2.75) is 25.6 Å². The molecule has 21 heavy (non-hydrogen) atoms. The molecule has 0 radical (unpaired) electrons. The second kappa shape index (κ2) is 6.15. The summed E-state index contributed by atoms with van der Waals surface area (Å²) in [5, 5.41) is 1.82. The van der Waals surface area contributed by atoms with Gasteiger partial charge in [-0.15, -0.1) is 0 Å². The van der Waals surface area contributed by atoms with E-state index in [1.54, 1.807) is 17.0 Å². The van der Waals surface area contributed by atoms with Gasteiger partial charge in [0, 0.05) is 25.1 Å². The number of alkyl halides is 3. The van der Waals surface area contributed by atoms with Crippen LogP contribution in [0.4, 0.5) is 13.2 Å². The van der Waals surface area contributed by atoms with Gasteiger partial charge in [0.1, 0.15) is 6.54 Å². The number of amides is 2. The van der Waals surface area contributed by atoms with Crippen LogP contribution in [0.3, 0.4) is 0 Å². The van der Waals surface area contributed by atoms with Crippen molar-refractivity contribution in [3.8, 4) is 0 Å². The molecule has 1 heterocycles. The SMILES string of the molecule is O=C(NCC(F)(F)F)c1cccc(CN2CCCC2=O)c1. The molecule has 0 aromatic heterocycles. The monoisotopic (exact) mass is 300 g/mol. The van der Waals surface area contributed by atoms with Gasteiger partial charge in [-0.3, -0.25) is 9.59 Å². The van der Waals surface area contributed by atoms with Crippen LogP contribution >= 0.6 is 0 Å². The lowest BCUT2D eigenvalue weighted by atomic mass is 10.1. The first-order chi connectivity index (χ1) is 9.85. The van der Waals surface area contributed by atoms with Crippen LogP contribution in [-0.2, 0) is 11.3 Å². The van der Waals surface area contributed by atoms with Crippen molar-refractivity contribution in [1.82, 2.24) is 10.2 Å². The summed E-state index contributed by atoms with van der Waals surface area (Å²) in [6, 6.07) is 6.29. The molecule has 114 valence electrons.